The van der Waals surface area contributed by atoms with E-state index in [1.165, 1.54) is 24.3 Å². The van der Waals surface area contributed by atoms with E-state index >= 15 is 0 Å². The van der Waals surface area contributed by atoms with E-state index < -0.39 is 11.1 Å². The van der Waals surface area contributed by atoms with Crippen LogP contribution in [0.3, 0.4) is 0 Å². The molecule has 1 aromatic rings. The van der Waals surface area contributed by atoms with Gasteiger partial charge in [-0.05, 0) is 32.0 Å². The van der Waals surface area contributed by atoms with Crippen LogP contribution < -0.4 is 4.74 Å². The number of piperidine rings is 1. The lowest BCUT2D eigenvalue weighted by Crippen LogP contribution is -2.43. The molecule has 0 aromatic heterocycles. The summed E-state index contributed by atoms with van der Waals surface area (Å²) in [6.07, 6.45) is 3.11. The van der Waals surface area contributed by atoms with E-state index in [0.717, 1.165) is 25.7 Å². The Morgan fingerprint density at radius 1 is 1.23 bits per heavy atom. The van der Waals surface area contributed by atoms with Crippen LogP contribution in [0.15, 0.2) is 24.3 Å². The van der Waals surface area contributed by atoms with E-state index in [0.29, 0.717) is 12.1 Å². The lowest BCUT2D eigenvalue weighted by Gasteiger charge is -2.35. The number of nitro benzene ring substituents is 1. The summed E-state index contributed by atoms with van der Waals surface area (Å²) in [5.41, 5.74) is -0.0485. The minimum Gasteiger partial charge on any atom is -0.431 e. The lowest BCUT2D eigenvalue weighted by molar-refractivity contribution is -0.384. The van der Waals surface area contributed by atoms with Gasteiger partial charge < -0.3 is 14.4 Å². The molecule has 3 rings (SSSR count). The predicted molar refractivity (Wildman–Crippen MR) is 77.8 cm³/mol. The number of carbonyl (C=O) groups excluding carboxylic acids is 1. The Balaban J connectivity index is 1.53. The number of fused-ring (bicyclic) bond motifs is 2. The van der Waals surface area contributed by atoms with Gasteiger partial charge in [0, 0.05) is 37.1 Å². The normalized spacial score (nSPS) is 27.4. The first-order valence-electron chi connectivity index (χ1n) is 7.38. The van der Waals surface area contributed by atoms with Gasteiger partial charge in [-0.1, -0.05) is 0 Å². The Labute approximate surface area is 128 Å². The van der Waals surface area contributed by atoms with Crippen LogP contribution in [0.4, 0.5) is 10.5 Å². The average Bonchev–Trinajstić information content (AvgIpc) is 2.70. The van der Waals surface area contributed by atoms with Gasteiger partial charge in [-0.25, -0.2) is 4.79 Å². The van der Waals surface area contributed by atoms with Crippen LogP contribution in [-0.2, 0) is 4.74 Å². The van der Waals surface area contributed by atoms with Crippen LogP contribution in [0.25, 0.3) is 0 Å². The minimum absolute atomic E-state index is 0.0485. The van der Waals surface area contributed by atoms with Crippen molar-refractivity contribution in [2.24, 2.45) is 0 Å². The molecule has 2 fully saturated rings. The van der Waals surface area contributed by atoms with Crippen LogP contribution in [0.2, 0.25) is 0 Å². The zero-order valence-electron chi connectivity index (χ0n) is 12.3. The number of hydrogen-bond acceptors (Lipinski definition) is 6. The van der Waals surface area contributed by atoms with Crippen LogP contribution in [0.5, 0.6) is 5.75 Å². The standard InChI is InChI=1S/C15H18N2O5/c1-16-11-2-3-12(16)9-14(8-11)22-15(18)21-13-6-4-10(5-7-13)17(19)20/h4-7,11-12,14H,2-3,8-9H2,1H3. The number of nitro groups is 1. The molecule has 2 unspecified atom stereocenters. The van der Waals surface area contributed by atoms with Crippen molar-refractivity contribution in [1.29, 1.82) is 0 Å². The number of ether oxygens (including phenoxy) is 2. The zero-order chi connectivity index (χ0) is 15.7. The molecule has 0 spiro atoms. The third kappa shape index (κ3) is 3.04. The molecule has 1 aromatic carbocycles. The average molecular weight is 306 g/mol. The molecule has 22 heavy (non-hydrogen) atoms. The first-order chi connectivity index (χ1) is 10.5. The predicted octanol–water partition coefficient (Wildman–Crippen LogP) is 2.74. The third-order valence-electron chi connectivity index (χ3n) is 4.57. The monoisotopic (exact) mass is 306 g/mol. The van der Waals surface area contributed by atoms with Crippen molar-refractivity contribution in [2.75, 3.05) is 7.05 Å². The van der Waals surface area contributed by atoms with E-state index in [1.54, 1.807) is 0 Å². The van der Waals surface area contributed by atoms with Crippen molar-refractivity contribution in [2.45, 2.75) is 43.9 Å². The fourth-order valence-electron chi connectivity index (χ4n) is 3.35. The summed E-state index contributed by atoms with van der Waals surface area (Å²) in [4.78, 5) is 24.2. The van der Waals surface area contributed by atoms with Crippen molar-refractivity contribution < 1.29 is 19.2 Å². The second-order valence-electron chi connectivity index (χ2n) is 5.86. The van der Waals surface area contributed by atoms with Gasteiger partial charge in [-0.2, -0.15) is 0 Å². The van der Waals surface area contributed by atoms with Gasteiger partial charge in [0.15, 0.2) is 0 Å². The highest BCUT2D eigenvalue weighted by Crippen LogP contribution is 2.35. The van der Waals surface area contributed by atoms with Crippen LogP contribution >= 0.6 is 0 Å². The third-order valence-corrected chi connectivity index (χ3v) is 4.57. The van der Waals surface area contributed by atoms with Crippen molar-refractivity contribution >= 4 is 11.8 Å². The number of non-ortho nitro benzene ring substituents is 1. The van der Waals surface area contributed by atoms with Gasteiger partial charge in [-0.15, -0.1) is 0 Å². The molecule has 0 radical (unpaired) electrons. The molecule has 0 N–H and O–H groups in total. The maximum absolute atomic E-state index is 11.8. The Bertz CT molecular complexity index is 560. The summed E-state index contributed by atoms with van der Waals surface area (Å²) in [6.45, 7) is 0. The van der Waals surface area contributed by atoms with Crippen LogP contribution in [-0.4, -0.2) is 41.2 Å². The molecule has 2 saturated heterocycles. The largest absolute Gasteiger partial charge is 0.514 e. The van der Waals surface area contributed by atoms with Gasteiger partial charge in [0.2, 0.25) is 0 Å². The molecular formula is C15H18N2O5. The summed E-state index contributed by atoms with van der Waals surface area (Å²) in [7, 11) is 2.12. The highest BCUT2D eigenvalue weighted by molar-refractivity contribution is 5.64. The Morgan fingerprint density at radius 2 is 1.82 bits per heavy atom. The van der Waals surface area contributed by atoms with Crippen molar-refractivity contribution in [3.05, 3.63) is 34.4 Å². The van der Waals surface area contributed by atoms with Crippen molar-refractivity contribution in [3.63, 3.8) is 0 Å². The van der Waals surface area contributed by atoms with Crippen molar-refractivity contribution in [1.82, 2.24) is 4.90 Å². The molecule has 2 bridgehead atoms. The Kier molecular flexibility index (Phi) is 3.98. The molecule has 118 valence electrons. The summed E-state index contributed by atoms with van der Waals surface area (Å²) in [5, 5.41) is 10.6. The highest BCUT2D eigenvalue weighted by Gasteiger charge is 2.40. The molecule has 2 aliphatic heterocycles. The first-order valence-corrected chi connectivity index (χ1v) is 7.38. The van der Waals surface area contributed by atoms with E-state index in [-0.39, 0.29) is 17.5 Å². The van der Waals surface area contributed by atoms with Gasteiger partial charge in [-0.3, -0.25) is 10.1 Å². The number of carbonyl (C=O) groups is 1. The Hall–Kier alpha value is -2.15. The van der Waals surface area contributed by atoms with Gasteiger partial charge in [0.1, 0.15) is 11.9 Å². The summed E-state index contributed by atoms with van der Waals surface area (Å²) < 4.78 is 10.5. The minimum atomic E-state index is -0.747. The maximum Gasteiger partial charge on any atom is 0.514 e. The number of benzene rings is 1. The van der Waals surface area contributed by atoms with Crippen molar-refractivity contribution in [3.8, 4) is 5.75 Å². The van der Waals surface area contributed by atoms with Gasteiger partial charge in [0.05, 0.1) is 4.92 Å². The molecule has 0 amide bonds. The number of hydrogen-bond donors (Lipinski definition) is 0. The lowest BCUT2D eigenvalue weighted by atomic mass is 10.0. The summed E-state index contributed by atoms with van der Waals surface area (Å²) in [6, 6.07) is 6.32. The molecule has 0 aliphatic carbocycles. The molecule has 2 heterocycles. The van der Waals surface area contributed by atoms with E-state index in [9.17, 15) is 14.9 Å². The SMILES string of the molecule is CN1C2CCC1CC(OC(=O)Oc1ccc([N+](=O)[O-])cc1)C2. The maximum atomic E-state index is 11.8. The summed E-state index contributed by atoms with van der Waals surface area (Å²) >= 11 is 0. The fraction of sp³-hybridized carbons (Fsp3) is 0.533. The molecule has 2 aliphatic rings. The first kappa shape index (κ1) is 14.8. The number of rotatable bonds is 3. The molecule has 2 atom stereocenters. The van der Waals surface area contributed by atoms with Gasteiger partial charge in [0.25, 0.3) is 5.69 Å². The molecule has 7 nitrogen and oxygen atoms in total. The quantitative estimate of drug-likeness (QED) is 0.369. The molecule has 0 saturated carbocycles. The summed E-state index contributed by atoms with van der Waals surface area (Å²) in [5.74, 6) is 0.242. The van der Waals surface area contributed by atoms with Crippen LogP contribution in [0.1, 0.15) is 25.7 Å². The highest BCUT2D eigenvalue weighted by atomic mass is 16.7. The van der Waals surface area contributed by atoms with Gasteiger partial charge >= 0.3 is 6.16 Å². The second kappa shape index (κ2) is 5.92. The topological polar surface area (TPSA) is 81.9 Å². The van der Waals surface area contributed by atoms with E-state index in [2.05, 4.69) is 11.9 Å². The van der Waals surface area contributed by atoms with E-state index in [4.69, 9.17) is 9.47 Å². The zero-order valence-corrected chi connectivity index (χ0v) is 12.3. The number of nitrogens with zero attached hydrogens (tertiary/aromatic N) is 2. The molecule has 7 heteroatoms. The molecular weight excluding hydrogens is 288 g/mol. The smallest absolute Gasteiger partial charge is 0.431 e. The fourth-order valence-corrected chi connectivity index (χ4v) is 3.35. The Morgan fingerprint density at radius 3 is 2.36 bits per heavy atom. The second-order valence-corrected chi connectivity index (χ2v) is 5.86. The van der Waals surface area contributed by atoms with Crippen LogP contribution in [0, 0.1) is 10.1 Å². The van der Waals surface area contributed by atoms with E-state index in [1.807, 2.05) is 0 Å².